The van der Waals surface area contributed by atoms with Crippen LogP contribution >= 0.6 is 0 Å². The van der Waals surface area contributed by atoms with Gasteiger partial charge in [-0.05, 0) is 48.8 Å². The van der Waals surface area contributed by atoms with E-state index in [4.69, 9.17) is 0 Å². The summed E-state index contributed by atoms with van der Waals surface area (Å²) in [7, 11) is 0. The molecule has 2 fully saturated rings. The Labute approximate surface area is 155 Å². The predicted molar refractivity (Wildman–Crippen MR) is 101 cm³/mol. The molecule has 1 unspecified atom stereocenters. The van der Waals surface area contributed by atoms with Crippen molar-refractivity contribution in [1.29, 1.82) is 0 Å². The van der Waals surface area contributed by atoms with E-state index in [1.165, 1.54) is 11.1 Å². The van der Waals surface area contributed by atoms with Crippen LogP contribution in [0, 0.1) is 0 Å². The molecule has 1 aliphatic carbocycles. The van der Waals surface area contributed by atoms with Crippen LogP contribution in [-0.4, -0.2) is 30.2 Å². The highest BCUT2D eigenvalue weighted by Crippen LogP contribution is 2.40. The standard InChI is InChI=1S/C19H22N2O3.C2H6/c22-13-6-4-12(5-7-13)14-2-1-3-16-15(14)10-11-21(16)17-8-9-18(23)20-19(17)24;1-2/h1-3,12,17H,4-11H2,(H,20,23,24);1-2H3. The number of hydrogen-bond donors (Lipinski definition) is 1. The molecule has 0 spiro atoms. The number of Topliss-reactive ketones (excluding diaryl/α,β-unsaturated/α-hetero) is 1. The molecule has 5 nitrogen and oxygen atoms in total. The summed E-state index contributed by atoms with van der Waals surface area (Å²) in [6.07, 6.45) is 5.18. The molecule has 2 heterocycles. The summed E-state index contributed by atoms with van der Waals surface area (Å²) in [4.78, 5) is 37.3. The molecule has 3 aliphatic rings. The number of benzene rings is 1. The van der Waals surface area contributed by atoms with Crippen molar-refractivity contribution in [3.63, 3.8) is 0 Å². The number of anilines is 1. The fourth-order valence-electron chi connectivity index (χ4n) is 4.42. The van der Waals surface area contributed by atoms with Gasteiger partial charge in [-0.1, -0.05) is 26.0 Å². The van der Waals surface area contributed by atoms with Gasteiger partial charge >= 0.3 is 0 Å². The van der Waals surface area contributed by atoms with Gasteiger partial charge in [-0.2, -0.15) is 0 Å². The molecule has 1 atom stereocenters. The van der Waals surface area contributed by atoms with E-state index in [9.17, 15) is 14.4 Å². The number of ketones is 1. The minimum Gasteiger partial charge on any atom is -0.359 e. The smallest absolute Gasteiger partial charge is 0.249 e. The highest BCUT2D eigenvalue weighted by molar-refractivity contribution is 6.02. The Morgan fingerprint density at radius 2 is 1.69 bits per heavy atom. The van der Waals surface area contributed by atoms with Crippen molar-refractivity contribution in [2.24, 2.45) is 0 Å². The second-order valence-electron chi connectivity index (χ2n) is 7.07. The Hall–Kier alpha value is -2.17. The monoisotopic (exact) mass is 356 g/mol. The first-order valence-corrected chi connectivity index (χ1v) is 9.87. The molecule has 0 bridgehead atoms. The Kier molecular flexibility index (Phi) is 5.74. The summed E-state index contributed by atoms with van der Waals surface area (Å²) in [5.74, 6) is 0.493. The van der Waals surface area contributed by atoms with Crippen LogP contribution in [0.25, 0.3) is 0 Å². The highest BCUT2D eigenvalue weighted by atomic mass is 16.2. The van der Waals surface area contributed by atoms with E-state index in [2.05, 4.69) is 28.4 Å². The van der Waals surface area contributed by atoms with Crippen molar-refractivity contribution in [2.45, 2.75) is 70.8 Å². The third kappa shape index (κ3) is 3.53. The number of carbonyl (C=O) groups is 3. The van der Waals surface area contributed by atoms with Crippen LogP contribution in [0.4, 0.5) is 5.69 Å². The van der Waals surface area contributed by atoms with Gasteiger partial charge in [-0.3, -0.25) is 19.7 Å². The minimum atomic E-state index is -0.243. The molecule has 1 N–H and O–H groups in total. The number of fused-ring (bicyclic) bond motifs is 1. The van der Waals surface area contributed by atoms with Gasteiger partial charge in [0.1, 0.15) is 11.8 Å². The highest BCUT2D eigenvalue weighted by Gasteiger charge is 2.36. The molecule has 140 valence electrons. The van der Waals surface area contributed by atoms with Crippen LogP contribution in [0.15, 0.2) is 18.2 Å². The van der Waals surface area contributed by atoms with Crippen molar-refractivity contribution in [1.82, 2.24) is 5.32 Å². The average Bonchev–Trinajstić information content (AvgIpc) is 3.08. The summed E-state index contributed by atoms with van der Waals surface area (Å²) >= 11 is 0. The zero-order valence-electron chi connectivity index (χ0n) is 15.7. The Balaban J connectivity index is 0.000000948. The largest absolute Gasteiger partial charge is 0.359 e. The van der Waals surface area contributed by atoms with Crippen LogP contribution in [0.1, 0.15) is 69.4 Å². The molecule has 1 aromatic carbocycles. The Bertz CT molecular complexity index is 703. The van der Waals surface area contributed by atoms with Gasteiger partial charge in [0.15, 0.2) is 0 Å². The molecule has 1 aromatic rings. The lowest BCUT2D eigenvalue weighted by molar-refractivity contribution is -0.134. The SMILES string of the molecule is CC.O=C1CCC(c2cccc3c2CCN3C2CCC(=O)NC2=O)CC1. The molecule has 2 amide bonds. The fraction of sp³-hybridized carbons (Fsp3) is 0.571. The number of carbonyl (C=O) groups excluding carboxylic acids is 3. The summed E-state index contributed by atoms with van der Waals surface area (Å²) in [6, 6.07) is 6.10. The topological polar surface area (TPSA) is 66.5 Å². The zero-order valence-corrected chi connectivity index (χ0v) is 15.7. The summed E-state index contributed by atoms with van der Waals surface area (Å²) < 4.78 is 0. The Morgan fingerprint density at radius 1 is 0.962 bits per heavy atom. The molecule has 5 heteroatoms. The van der Waals surface area contributed by atoms with E-state index in [1.54, 1.807) is 0 Å². The second kappa shape index (κ2) is 8.02. The van der Waals surface area contributed by atoms with Crippen LogP contribution in [0.3, 0.4) is 0 Å². The van der Waals surface area contributed by atoms with Gasteiger partial charge in [0.05, 0.1) is 0 Å². The van der Waals surface area contributed by atoms with E-state index < -0.39 is 0 Å². The number of imide groups is 1. The maximum atomic E-state index is 12.2. The third-order valence-electron chi connectivity index (χ3n) is 5.67. The lowest BCUT2D eigenvalue weighted by Crippen LogP contribution is -2.52. The molecule has 2 aliphatic heterocycles. The minimum absolute atomic E-state index is 0.170. The van der Waals surface area contributed by atoms with Gasteiger partial charge in [0, 0.05) is 31.5 Å². The number of piperidine rings is 1. The zero-order chi connectivity index (χ0) is 18.7. The summed E-state index contributed by atoms with van der Waals surface area (Å²) in [5, 5.41) is 2.46. The molecule has 4 rings (SSSR count). The maximum absolute atomic E-state index is 12.2. The average molecular weight is 356 g/mol. The van der Waals surface area contributed by atoms with Crippen LogP contribution in [-0.2, 0) is 20.8 Å². The lowest BCUT2D eigenvalue weighted by Gasteiger charge is -2.32. The first-order chi connectivity index (χ1) is 12.6. The molecular weight excluding hydrogens is 328 g/mol. The molecule has 0 radical (unpaired) electrons. The summed E-state index contributed by atoms with van der Waals surface area (Å²) in [6.45, 7) is 4.82. The lowest BCUT2D eigenvalue weighted by atomic mass is 9.81. The quantitative estimate of drug-likeness (QED) is 0.827. The van der Waals surface area contributed by atoms with Gasteiger partial charge < -0.3 is 4.90 Å². The molecule has 26 heavy (non-hydrogen) atoms. The van der Waals surface area contributed by atoms with Crippen molar-refractivity contribution in [2.75, 3.05) is 11.4 Å². The molecular formula is C21H28N2O3. The van der Waals surface area contributed by atoms with Crippen molar-refractivity contribution in [3.8, 4) is 0 Å². The first-order valence-electron chi connectivity index (χ1n) is 9.87. The number of hydrogen-bond acceptors (Lipinski definition) is 4. The van der Waals surface area contributed by atoms with Crippen molar-refractivity contribution >= 4 is 23.3 Å². The van der Waals surface area contributed by atoms with Crippen LogP contribution in [0.5, 0.6) is 0 Å². The van der Waals surface area contributed by atoms with E-state index in [-0.39, 0.29) is 17.9 Å². The predicted octanol–water partition coefficient (Wildman–Crippen LogP) is 3.11. The van der Waals surface area contributed by atoms with Crippen molar-refractivity contribution in [3.05, 3.63) is 29.3 Å². The maximum Gasteiger partial charge on any atom is 0.249 e. The van der Waals surface area contributed by atoms with Gasteiger partial charge in [-0.15, -0.1) is 0 Å². The van der Waals surface area contributed by atoms with E-state index in [0.29, 0.717) is 37.4 Å². The molecule has 1 saturated carbocycles. The van der Waals surface area contributed by atoms with E-state index in [1.807, 2.05) is 13.8 Å². The van der Waals surface area contributed by atoms with Gasteiger partial charge in [0.25, 0.3) is 0 Å². The number of rotatable bonds is 2. The van der Waals surface area contributed by atoms with Gasteiger partial charge in [-0.25, -0.2) is 0 Å². The Morgan fingerprint density at radius 3 is 2.38 bits per heavy atom. The third-order valence-corrected chi connectivity index (χ3v) is 5.67. The van der Waals surface area contributed by atoms with E-state index >= 15 is 0 Å². The van der Waals surface area contributed by atoms with Gasteiger partial charge in [0.2, 0.25) is 11.8 Å². The van der Waals surface area contributed by atoms with Crippen LogP contribution in [0.2, 0.25) is 0 Å². The summed E-state index contributed by atoms with van der Waals surface area (Å²) in [5.41, 5.74) is 3.83. The number of nitrogens with one attached hydrogen (secondary N) is 1. The van der Waals surface area contributed by atoms with Crippen molar-refractivity contribution < 1.29 is 14.4 Å². The second-order valence-corrected chi connectivity index (χ2v) is 7.07. The first kappa shape index (κ1) is 18.6. The molecule has 1 saturated heterocycles. The van der Waals surface area contributed by atoms with E-state index in [0.717, 1.165) is 31.5 Å². The number of amides is 2. The molecule has 0 aromatic heterocycles. The fourth-order valence-corrected chi connectivity index (χ4v) is 4.42. The number of nitrogens with zero attached hydrogens (tertiary/aromatic N) is 1. The normalized spacial score (nSPS) is 23.2. The van der Waals surface area contributed by atoms with Crippen LogP contribution < -0.4 is 10.2 Å².